The van der Waals surface area contributed by atoms with Crippen LogP contribution in [0.25, 0.3) is 0 Å². The van der Waals surface area contributed by atoms with Crippen molar-refractivity contribution in [2.24, 2.45) is 0 Å². The van der Waals surface area contributed by atoms with Gasteiger partial charge in [-0.1, -0.05) is 11.6 Å². The van der Waals surface area contributed by atoms with Gasteiger partial charge in [0.1, 0.15) is 5.82 Å². The second-order valence-electron chi connectivity index (χ2n) is 5.80. The molecule has 2 aromatic carbocycles. The first kappa shape index (κ1) is 17.0. The molecule has 0 aliphatic carbocycles. The molecule has 1 saturated heterocycles. The van der Waals surface area contributed by atoms with E-state index < -0.39 is 5.82 Å². The summed E-state index contributed by atoms with van der Waals surface area (Å²) < 4.78 is 13.2. The number of benzene rings is 2. The summed E-state index contributed by atoms with van der Waals surface area (Å²) in [6, 6.07) is 12.6. The number of thiocarbonyl (C=S) groups is 1. The highest BCUT2D eigenvalue weighted by atomic mass is 35.5. The van der Waals surface area contributed by atoms with Crippen molar-refractivity contribution in [3.63, 3.8) is 0 Å². The third-order valence-electron chi connectivity index (χ3n) is 4.02. The van der Waals surface area contributed by atoms with Crippen molar-refractivity contribution in [1.29, 1.82) is 0 Å². The summed E-state index contributed by atoms with van der Waals surface area (Å²) in [7, 11) is 0. The van der Waals surface area contributed by atoms with Crippen LogP contribution in [-0.2, 0) is 0 Å². The number of nitrogens with zero attached hydrogens (tertiary/aromatic N) is 1. The van der Waals surface area contributed by atoms with Gasteiger partial charge in [-0.05, 0) is 73.9 Å². The Morgan fingerprint density at radius 1 is 0.958 bits per heavy atom. The average molecular weight is 364 g/mol. The lowest BCUT2D eigenvalue weighted by molar-refractivity contribution is 0.578. The standard InChI is InChI=1S/C18H19ClFN3S/c19-16-12-14(6-9-17(16)20)22-18(24)21-13-4-7-15(8-5-13)23-10-2-1-3-11-23/h4-9,12H,1-3,10-11H2,(H2,21,22,24). The molecule has 1 fully saturated rings. The van der Waals surface area contributed by atoms with Gasteiger partial charge in [-0.2, -0.15) is 0 Å². The fourth-order valence-corrected chi connectivity index (χ4v) is 3.19. The van der Waals surface area contributed by atoms with E-state index in [1.165, 1.54) is 37.1 Å². The number of anilines is 3. The Hall–Kier alpha value is -1.85. The maximum absolute atomic E-state index is 13.2. The minimum absolute atomic E-state index is 0.0636. The largest absolute Gasteiger partial charge is 0.372 e. The Morgan fingerprint density at radius 2 is 1.58 bits per heavy atom. The van der Waals surface area contributed by atoms with E-state index in [4.69, 9.17) is 23.8 Å². The van der Waals surface area contributed by atoms with E-state index in [9.17, 15) is 4.39 Å². The molecule has 0 saturated carbocycles. The predicted molar refractivity (Wildman–Crippen MR) is 104 cm³/mol. The van der Waals surface area contributed by atoms with Gasteiger partial charge >= 0.3 is 0 Å². The first-order chi connectivity index (χ1) is 11.6. The molecule has 1 aliphatic heterocycles. The molecule has 6 heteroatoms. The molecule has 126 valence electrons. The van der Waals surface area contributed by atoms with Gasteiger partial charge in [-0.15, -0.1) is 0 Å². The molecule has 0 spiro atoms. The predicted octanol–water partition coefficient (Wildman–Crippen LogP) is 5.28. The molecule has 3 rings (SSSR count). The van der Waals surface area contributed by atoms with Crippen molar-refractivity contribution in [2.45, 2.75) is 19.3 Å². The summed E-state index contributed by atoms with van der Waals surface area (Å²) >= 11 is 11.0. The van der Waals surface area contributed by atoms with E-state index in [1.807, 2.05) is 12.1 Å². The number of hydrogen-bond donors (Lipinski definition) is 2. The topological polar surface area (TPSA) is 27.3 Å². The van der Waals surface area contributed by atoms with E-state index in [-0.39, 0.29) is 5.02 Å². The normalized spacial score (nSPS) is 14.3. The van der Waals surface area contributed by atoms with Crippen molar-refractivity contribution in [3.05, 3.63) is 53.3 Å². The summed E-state index contributed by atoms with van der Waals surface area (Å²) in [5.74, 6) is -0.450. The summed E-state index contributed by atoms with van der Waals surface area (Å²) in [4.78, 5) is 2.41. The van der Waals surface area contributed by atoms with E-state index in [2.05, 4.69) is 27.7 Å². The van der Waals surface area contributed by atoms with Crippen LogP contribution in [0.1, 0.15) is 19.3 Å². The van der Waals surface area contributed by atoms with E-state index in [0.717, 1.165) is 18.8 Å². The minimum Gasteiger partial charge on any atom is -0.372 e. The van der Waals surface area contributed by atoms with Gasteiger partial charge < -0.3 is 15.5 Å². The highest BCUT2D eigenvalue weighted by Gasteiger charge is 2.10. The van der Waals surface area contributed by atoms with Crippen molar-refractivity contribution in [3.8, 4) is 0 Å². The molecule has 24 heavy (non-hydrogen) atoms. The van der Waals surface area contributed by atoms with Crippen LogP contribution in [0.5, 0.6) is 0 Å². The first-order valence-corrected chi connectivity index (χ1v) is 8.78. The Kier molecular flexibility index (Phi) is 5.53. The maximum Gasteiger partial charge on any atom is 0.175 e. The third-order valence-corrected chi connectivity index (χ3v) is 4.52. The zero-order valence-electron chi connectivity index (χ0n) is 13.2. The van der Waals surface area contributed by atoms with Crippen molar-refractivity contribution in [2.75, 3.05) is 28.6 Å². The Bertz CT molecular complexity index is 715. The molecular formula is C18H19ClFN3S. The Balaban J connectivity index is 1.58. The van der Waals surface area contributed by atoms with Crippen LogP contribution in [0.15, 0.2) is 42.5 Å². The molecular weight excluding hydrogens is 345 g/mol. The number of hydrogen-bond acceptors (Lipinski definition) is 2. The molecule has 0 radical (unpaired) electrons. The van der Waals surface area contributed by atoms with Crippen molar-refractivity contribution < 1.29 is 4.39 Å². The highest BCUT2D eigenvalue weighted by Crippen LogP contribution is 2.22. The highest BCUT2D eigenvalue weighted by molar-refractivity contribution is 7.80. The number of rotatable bonds is 3. The molecule has 0 atom stereocenters. The van der Waals surface area contributed by atoms with Gasteiger partial charge in [0.2, 0.25) is 0 Å². The maximum atomic E-state index is 13.2. The average Bonchev–Trinajstić information content (AvgIpc) is 2.59. The zero-order chi connectivity index (χ0) is 16.9. The van der Waals surface area contributed by atoms with Crippen LogP contribution in [0.2, 0.25) is 5.02 Å². The Labute approximate surface area is 151 Å². The molecule has 0 amide bonds. The molecule has 3 nitrogen and oxygen atoms in total. The lowest BCUT2D eigenvalue weighted by Gasteiger charge is -2.28. The second kappa shape index (κ2) is 7.81. The van der Waals surface area contributed by atoms with Gasteiger partial charge in [0, 0.05) is 30.2 Å². The zero-order valence-corrected chi connectivity index (χ0v) is 14.8. The van der Waals surface area contributed by atoms with E-state index >= 15 is 0 Å². The fraction of sp³-hybridized carbons (Fsp3) is 0.278. The molecule has 0 bridgehead atoms. The quantitative estimate of drug-likeness (QED) is 0.725. The summed E-state index contributed by atoms with van der Waals surface area (Å²) in [5, 5.41) is 6.61. The molecule has 1 aliphatic rings. The van der Waals surface area contributed by atoms with Crippen molar-refractivity contribution in [1.82, 2.24) is 0 Å². The fourth-order valence-electron chi connectivity index (χ4n) is 2.78. The first-order valence-electron chi connectivity index (χ1n) is 8.00. The lowest BCUT2D eigenvalue weighted by atomic mass is 10.1. The number of halogens is 2. The molecule has 1 heterocycles. The van der Waals surface area contributed by atoms with Gasteiger partial charge in [0.15, 0.2) is 5.11 Å². The van der Waals surface area contributed by atoms with Gasteiger partial charge in [0.25, 0.3) is 0 Å². The van der Waals surface area contributed by atoms with Crippen LogP contribution in [-0.4, -0.2) is 18.2 Å². The van der Waals surface area contributed by atoms with Gasteiger partial charge in [0.05, 0.1) is 5.02 Å². The molecule has 2 aromatic rings. The van der Waals surface area contributed by atoms with Gasteiger partial charge in [-0.3, -0.25) is 0 Å². The third kappa shape index (κ3) is 4.36. The molecule has 0 unspecified atom stereocenters. The SMILES string of the molecule is Fc1ccc(NC(=S)Nc2ccc(N3CCCCC3)cc2)cc1Cl. The van der Waals surface area contributed by atoms with Crippen LogP contribution >= 0.6 is 23.8 Å². The lowest BCUT2D eigenvalue weighted by Crippen LogP contribution is -2.29. The minimum atomic E-state index is -0.450. The van der Waals surface area contributed by atoms with Crippen molar-refractivity contribution >= 4 is 46.0 Å². The summed E-state index contributed by atoms with van der Waals surface area (Å²) in [6.45, 7) is 2.25. The molecule has 2 N–H and O–H groups in total. The van der Waals surface area contributed by atoms with Crippen LogP contribution in [0.4, 0.5) is 21.5 Å². The molecule has 0 aromatic heterocycles. The number of nitrogens with one attached hydrogen (secondary N) is 2. The van der Waals surface area contributed by atoms with Crippen LogP contribution in [0.3, 0.4) is 0 Å². The summed E-state index contributed by atoms with van der Waals surface area (Å²) in [6.07, 6.45) is 3.84. The second-order valence-corrected chi connectivity index (χ2v) is 6.62. The van der Waals surface area contributed by atoms with Crippen LogP contribution in [0, 0.1) is 5.82 Å². The summed E-state index contributed by atoms with van der Waals surface area (Å²) in [5.41, 5.74) is 2.79. The Morgan fingerprint density at radius 3 is 2.25 bits per heavy atom. The monoisotopic (exact) mass is 363 g/mol. The number of piperidine rings is 1. The van der Waals surface area contributed by atoms with Gasteiger partial charge in [-0.25, -0.2) is 4.39 Å². The van der Waals surface area contributed by atoms with E-state index in [0.29, 0.717) is 10.8 Å². The van der Waals surface area contributed by atoms with Crippen LogP contribution < -0.4 is 15.5 Å². The smallest absolute Gasteiger partial charge is 0.175 e. The van der Waals surface area contributed by atoms with E-state index in [1.54, 1.807) is 6.07 Å².